The van der Waals surface area contributed by atoms with Gasteiger partial charge in [-0.25, -0.2) is 9.97 Å². The minimum Gasteiger partial charge on any atom is -0.461 e. The standard InChI is InChI=1S/C14H9N3O2S2/c1-2-11(18-4-1)12-6-9(17-19-12)7-21-14-10-3-5-20-13(10)15-8-16-14/h1-6,8H,7H2. The Hall–Kier alpha value is -2.12. The molecule has 4 aromatic heterocycles. The molecular formula is C14H9N3O2S2. The van der Waals surface area contributed by atoms with Crippen molar-refractivity contribution in [2.45, 2.75) is 10.8 Å². The molecule has 104 valence electrons. The highest BCUT2D eigenvalue weighted by atomic mass is 32.2. The van der Waals surface area contributed by atoms with Gasteiger partial charge in [0.05, 0.1) is 12.0 Å². The fourth-order valence-corrected chi connectivity index (χ4v) is 3.60. The van der Waals surface area contributed by atoms with Gasteiger partial charge in [0.2, 0.25) is 5.76 Å². The van der Waals surface area contributed by atoms with Crippen LogP contribution in [0.1, 0.15) is 5.69 Å². The number of nitrogens with zero attached hydrogens (tertiary/aromatic N) is 3. The smallest absolute Gasteiger partial charge is 0.202 e. The number of thiophene rings is 1. The van der Waals surface area contributed by atoms with Gasteiger partial charge in [0, 0.05) is 17.2 Å². The molecule has 7 heteroatoms. The van der Waals surface area contributed by atoms with Gasteiger partial charge >= 0.3 is 0 Å². The van der Waals surface area contributed by atoms with Gasteiger partial charge in [0.1, 0.15) is 16.2 Å². The summed E-state index contributed by atoms with van der Waals surface area (Å²) < 4.78 is 10.6. The van der Waals surface area contributed by atoms with Crippen LogP contribution in [-0.4, -0.2) is 15.1 Å². The van der Waals surface area contributed by atoms with Crippen molar-refractivity contribution in [3.05, 3.63) is 47.9 Å². The highest BCUT2D eigenvalue weighted by Gasteiger charge is 2.11. The van der Waals surface area contributed by atoms with Crippen molar-refractivity contribution >= 4 is 33.3 Å². The molecule has 0 amide bonds. The van der Waals surface area contributed by atoms with Gasteiger partial charge < -0.3 is 8.94 Å². The molecule has 0 unspecified atom stereocenters. The summed E-state index contributed by atoms with van der Waals surface area (Å²) in [5.41, 5.74) is 0.855. The van der Waals surface area contributed by atoms with Gasteiger partial charge in [-0.3, -0.25) is 0 Å². The molecule has 0 N–H and O–H groups in total. The van der Waals surface area contributed by atoms with E-state index in [-0.39, 0.29) is 0 Å². The number of fused-ring (bicyclic) bond motifs is 1. The van der Waals surface area contributed by atoms with Crippen LogP contribution in [0.25, 0.3) is 21.7 Å². The van der Waals surface area contributed by atoms with Gasteiger partial charge in [-0.05, 0) is 23.6 Å². The van der Waals surface area contributed by atoms with Crippen molar-refractivity contribution in [3.63, 3.8) is 0 Å². The van der Waals surface area contributed by atoms with Crippen LogP contribution in [0.2, 0.25) is 0 Å². The van der Waals surface area contributed by atoms with Gasteiger partial charge in [-0.15, -0.1) is 11.3 Å². The van der Waals surface area contributed by atoms with Gasteiger partial charge in [0.15, 0.2) is 5.76 Å². The lowest BCUT2D eigenvalue weighted by Crippen LogP contribution is -1.85. The second-order valence-electron chi connectivity index (χ2n) is 4.27. The summed E-state index contributed by atoms with van der Waals surface area (Å²) in [7, 11) is 0. The van der Waals surface area contributed by atoms with Crippen molar-refractivity contribution in [1.82, 2.24) is 15.1 Å². The zero-order valence-electron chi connectivity index (χ0n) is 10.7. The van der Waals surface area contributed by atoms with Crippen molar-refractivity contribution in [2.75, 3.05) is 0 Å². The predicted molar refractivity (Wildman–Crippen MR) is 81.2 cm³/mol. The average Bonchev–Trinajstić information content (AvgIpc) is 3.23. The molecule has 0 radical (unpaired) electrons. The summed E-state index contributed by atoms with van der Waals surface area (Å²) in [5.74, 6) is 2.01. The molecule has 0 saturated heterocycles. The van der Waals surface area contributed by atoms with Crippen LogP contribution >= 0.6 is 23.1 Å². The van der Waals surface area contributed by atoms with Crippen LogP contribution in [0.15, 0.2) is 56.2 Å². The summed E-state index contributed by atoms with van der Waals surface area (Å²) in [6.45, 7) is 0. The lowest BCUT2D eigenvalue weighted by molar-refractivity contribution is 0.413. The van der Waals surface area contributed by atoms with Crippen LogP contribution in [0, 0.1) is 0 Å². The lowest BCUT2D eigenvalue weighted by Gasteiger charge is -1.98. The predicted octanol–water partition coefficient (Wildman–Crippen LogP) is 4.23. The molecule has 0 bridgehead atoms. The molecule has 0 aliphatic rings. The molecule has 0 spiro atoms. The molecule has 4 heterocycles. The van der Waals surface area contributed by atoms with E-state index in [1.807, 2.05) is 29.6 Å². The third-order valence-corrected chi connectivity index (χ3v) is 4.76. The third kappa shape index (κ3) is 2.45. The number of hydrogen-bond acceptors (Lipinski definition) is 7. The average molecular weight is 315 g/mol. The highest BCUT2D eigenvalue weighted by molar-refractivity contribution is 7.98. The second kappa shape index (κ2) is 5.34. The largest absolute Gasteiger partial charge is 0.461 e. The van der Waals surface area contributed by atoms with Crippen LogP contribution < -0.4 is 0 Å². The number of furan rings is 1. The van der Waals surface area contributed by atoms with Crippen LogP contribution in [-0.2, 0) is 5.75 Å². The lowest BCUT2D eigenvalue weighted by atomic mass is 10.3. The number of aromatic nitrogens is 3. The van der Waals surface area contributed by atoms with E-state index in [0.29, 0.717) is 17.3 Å². The highest BCUT2D eigenvalue weighted by Crippen LogP contribution is 2.30. The molecule has 0 aromatic carbocycles. The molecule has 0 atom stereocenters. The first-order valence-corrected chi connectivity index (χ1v) is 8.07. The summed E-state index contributed by atoms with van der Waals surface area (Å²) >= 11 is 3.24. The Morgan fingerprint density at radius 3 is 3.10 bits per heavy atom. The fourth-order valence-electron chi connectivity index (χ4n) is 1.94. The van der Waals surface area contributed by atoms with E-state index in [2.05, 4.69) is 15.1 Å². The molecule has 0 fully saturated rings. The van der Waals surface area contributed by atoms with E-state index in [0.717, 1.165) is 20.9 Å². The Bertz CT molecular complexity index is 867. The molecular weight excluding hydrogens is 306 g/mol. The minimum absolute atomic E-state index is 0.638. The minimum atomic E-state index is 0.638. The van der Waals surface area contributed by atoms with E-state index in [9.17, 15) is 0 Å². The van der Waals surface area contributed by atoms with Gasteiger partial charge in [0.25, 0.3) is 0 Å². The maximum Gasteiger partial charge on any atom is 0.202 e. The Kier molecular flexibility index (Phi) is 3.21. The number of thioether (sulfide) groups is 1. The summed E-state index contributed by atoms with van der Waals surface area (Å²) in [6.07, 6.45) is 3.21. The van der Waals surface area contributed by atoms with E-state index in [1.165, 1.54) is 0 Å². The van der Waals surface area contributed by atoms with Crippen LogP contribution in [0.5, 0.6) is 0 Å². The van der Waals surface area contributed by atoms with E-state index >= 15 is 0 Å². The Labute approximate surface area is 128 Å². The van der Waals surface area contributed by atoms with Crippen molar-refractivity contribution in [3.8, 4) is 11.5 Å². The second-order valence-corrected chi connectivity index (χ2v) is 6.13. The molecule has 4 rings (SSSR count). The van der Waals surface area contributed by atoms with Crippen molar-refractivity contribution < 1.29 is 8.94 Å². The molecule has 0 saturated carbocycles. The zero-order valence-corrected chi connectivity index (χ0v) is 12.4. The summed E-state index contributed by atoms with van der Waals surface area (Å²) in [6, 6.07) is 7.59. The van der Waals surface area contributed by atoms with E-state index in [4.69, 9.17) is 8.94 Å². The molecule has 5 nitrogen and oxygen atoms in total. The number of hydrogen-bond donors (Lipinski definition) is 0. The van der Waals surface area contributed by atoms with Gasteiger partial charge in [-0.2, -0.15) is 0 Å². The Balaban J connectivity index is 1.53. The molecule has 0 aliphatic carbocycles. The first kappa shape index (κ1) is 12.6. The first-order chi connectivity index (χ1) is 10.4. The Morgan fingerprint density at radius 2 is 2.19 bits per heavy atom. The summed E-state index contributed by atoms with van der Waals surface area (Å²) in [4.78, 5) is 9.58. The van der Waals surface area contributed by atoms with Gasteiger partial charge in [-0.1, -0.05) is 16.9 Å². The summed E-state index contributed by atoms with van der Waals surface area (Å²) in [5, 5.41) is 8.13. The normalized spacial score (nSPS) is 11.2. The van der Waals surface area contributed by atoms with Crippen LogP contribution in [0.3, 0.4) is 0 Å². The molecule has 21 heavy (non-hydrogen) atoms. The fraction of sp³-hybridized carbons (Fsp3) is 0.0714. The first-order valence-electron chi connectivity index (χ1n) is 6.20. The number of rotatable bonds is 4. The Morgan fingerprint density at radius 1 is 1.19 bits per heavy atom. The maximum atomic E-state index is 5.28. The van der Waals surface area contributed by atoms with E-state index in [1.54, 1.807) is 35.7 Å². The SMILES string of the molecule is c1coc(-c2cc(CSc3ncnc4sccc34)no2)c1. The monoisotopic (exact) mass is 315 g/mol. The third-order valence-electron chi connectivity index (χ3n) is 2.90. The van der Waals surface area contributed by atoms with E-state index < -0.39 is 0 Å². The topological polar surface area (TPSA) is 65.0 Å². The van der Waals surface area contributed by atoms with Crippen molar-refractivity contribution in [1.29, 1.82) is 0 Å². The molecule has 0 aliphatic heterocycles. The van der Waals surface area contributed by atoms with Crippen molar-refractivity contribution in [2.24, 2.45) is 0 Å². The quantitative estimate of drug-likeness (QED) is 0.415. The molecule has 4 aromatic rings. The van der Waals surface area contributed by atoms with Crippen LogP contribution in [0.4, 0.5) is 0 Å². The zero-order chi connectivity index (χ0) is 14.1. The maximum absolute atomic E-state index is 5.28.